The molecule has 0 saturated heterocycles. The van der Waals surface area contributed by atoms with Crippen LogP contribution in [-0.2, 0) is 9.59 Å². The number of carbonyl (C=O) groups excluding carboxylic acids is 2. The van der Waals surface area contributed by atoms with Gasteiger partial charge in [-0.2, -0.15) is 0 Å². The second-order valence-electron chi connectivity index (χ2n) is 6.32. The van der Waals surface area contributed by atoms with E-state index in [-0.39, 0.29) is 30.0 Å². The summed E-state index contributed by atoms with van der Waals surface area (Å²) in [6.45, 7) is 3.45. The first-order chi connectivity index (χ1) is 12.3. The summed E-state index contributed by atoms with van der Waals surface area (Å²) < 4.78 is 18.7. The van der Waals surface area contributed by atoms with Crippen molar-refractivity contribution in [2.24, 2.45) is 5.92 Å². The number of pyridine rings is 1. The van der Waals surface area contributed by atoms with Crippen LogP contribution in [0.1, 0.15) is 13.8 Å². The van der Waals surface area contributed by atoms with Gasteiger partial charge in [-0.1, -0.05) is 13.8 Å². The van der Waals surface area contributed by atoms with Crippen LogP contribution >= 0.6 is 0 Å². The number of benzene rings is 1. The summed E-state index contributed by atoms with van der Waals surface area (Å²) in [5.74, 6) is -0.472. The monoisotopic (exact) mass is 358 g/mol. The van der Waals surface area contributed by atoms with Gasteiger partial charge in [0, 0.05) is 5.69 Å². The number of amides is 2. The molecular weight excluding hydrogens is 339 g/mol. The van der Waals surface area contributed by atoms with Gasteiger partial charge >= 0.3 is 0 Å². The lowest BCUT2D eigenvalue weighted by Crippen LogP contribution is -2.51. The van der Waals surface area contributed by atoms with Crippen molar-refractivity contribution in [1.29, 1.82) is 0 Å². The lowest BCUT2D eigenvalue weighted by molar-refractivity contribution is -0.129. The number of rotatable bonds is 4. The molecule has 26 heavy (non-hydrogen) atoms. The Morgan fingerprint density at radius 2 is 2.00 bits per heavy atom. The molecule has 0 bridgehead atoms. The molecule has 1 aromatic heterocycles. The highest BCUT2D eigenvalue weighted by molar-refractivity contribution is 6.05. The Bertz CT molecular complexity index is 839. The van der Waals surface area contributed by atoms with Gasteiger partial charge in [-0.25, -0.2) is 9.37 Å². The normalized spacial score (nSPS) is 16.2. The van der Waals surface area contributed by atoms with Crippen molar-refractivity contribution < 1.29 is 18.7 Å². The van der Waals surface area contributed by atoms with E-state index in [0.29, 0.717) is 11.4 Å². The lowest BCUT2D eigenvalue weighted by Gasteiger charge is -2.34. The molecule has 0 saturated carbocycles. The molecule has 2 aromatic rings. The summed E-state index contributed by atoms with van der Waals surface area (Å²) in [6, 6.07) is 8.56. The molecular formula is C18H19FN4O3. The van der Waals surface area contributed by atoms with Gasteiger partial charge in [0.25, 0.3) is 5.91 Å². The third kappa shape index (κ3) is 3.58. The van der Waals surface area contributed by atoms with Crippen LogP contribution in [0.4, 0.5) is 21.7 Å². The zero-order valence-electron chi connectivity index (χ0n) is 14.4. The molecule has 0 spiro atoms. The molecule has 136 valence electrons. The quantitative estimate of drug-likeness (QED) is 0.873. The van der Waals surface area contributed by atoms with Crippen molar-refractivity contribution in [2.45, 2.75) is 20.0 Å². The van der Waals surface area contributed by atoms with Crippen LogP contribution in [-0.4, -0.2) is 29.4 Å². The minimum atomic E-state index is -0.716. The molecule has 7 nitrogen and oxygen atoms in total. The molecule has 1 aliphatic heterocycles. The molecule has 3 N–H and O–H groups in total. The lowest BCUT2D eigenvalue weighted by atomic mass is 10.0. The second kappa shape index (κ2) is 6.99. The fraction of sp³-hybridized carbons (Fsp3) is 0.278. The van der Waals surface area contributed by atoms with Crippen molar-refractivity contribution in [3.8, 4) is 5.75 Å². The first-order valence-electron chi connectivity index (χ1n) is 8.15. The summed E-state index contributed by atoms with van der Waals surface area (Å²) in [4.78, 5) is 30.5. The summed E-state index contributed by atoms with van der Waals surface area (Å²) >= 11 is 0. The molecule has 1 aromatic carbocycles. The number of ether oxygens (including phenoxy) is 1. The van der Waals surface area contributed by atoms with E-state index in [2.05, 4.69) is 10.3 Å². The highest BCUT2D eigenvalue weighted by Gasteiger charge is 2.38. The number of nitrogens with zero attached hydrogens (tertiary/aromatic N) is 2. The summed E-state index contributed by atoms with van der Waals surface area (Å²) in [5, 5.41) is 2.63. The average molecular weight is 358 g/mol. The number of carbonyl (C=O) groups is 2. The number of nitrogens with one attached hydrogen (secondary N) is 1. The van der Waals surface area contributed by atoms with E-state index in [1.807, 2.05) is 13.8 Å². The fourth-order valence-electron chi connectivity index (χ4n) is 2.63. The Labute approximate surface area is 150 Å². The van der Waals surface area contributed by atoms with E-state index < -0.39 is 17.8 Å². The van der Waals surface area contributed by atoms with Gasteiger partial charge in [0.05, 0.1) is 0 Å². The van der Waals surface area contributed by atoms with Crippen LogP contribution in [0.15, 0.2) is 36.4 Å². The van der Waals surface area contributed by atoms with Crippen LogP contribution in [0, 0.1) is 11.7 Å². The first kappa shape index (κ1) is 17.7. The maximum Gasteiger partial charge on any atom is 0.270 e. The number of nitrogens with two attached hydrogens (primary N) is 1. The Morgan fingerprint density at radius 3 is 2.65 bits per heavy atom. The van der Waals surface area contributed by atoms with Crippen molar-refractivity contribution >= 4 is 29.1 Å². The molecule has 1 aliphatic rings. The number of halogens is 1. The molecule has 0 radical (unpaired) electrons. The number of hydrogen-bond acceptors (Lipinski definition) is 5. The van der Waals surface area contributed by atoms with Gasteiger partial charge in [-0.3, -0.25) is 14.5 Å². The zero-order chi connectivity index (χ0) is 18.8. The highest BCUT2D eigenvalue weighted by Crippen LogP contribution is 2.34. The summed E-state index contributed by atoms with van der Waals surface area (Å²) in [5.41, 5.74) is 6.14. The molecule has 0 fully saturated rings. The summed E-state index contributed by atoms with van der Waals surface area (Å²) in [6.07, 6.45) is -0.716. The Morgan fingerprint density at radius 1 is 1.31 bits per heavy atom. The van der Waals surface area contributed by atoms with E-state index in [1.165, 1.54) is 29.2 Å². The maximum absolute atomic E-state index is 13.0. The number of anilines is 3. The van der Waals surface area contributed by atoms with Crippen molar-refractivity contribution in [1.82, 2.24) is 4.98 Å². The number of fused-ring (bicyclic) bond motifs is 1. The number of nitrogen functional groups attached to an aromatic ring is 1. The summed E-state index contributed by atoms with van der Waals surface area (Å²) in [7, 11) is 0. The average Bonchev–Trinajstić information content (AvgIpc) is 2.59. The van der Waals surface area contributed by atoms with Crippen molar-refractivity contribution in [3.05, 3.63) is 42.2 Å². The van der Waals surface area contributed by atoms with Crippen LogP contribution < -0.4 is 20.7 Å². The van der Waals surface area contributed by atoms with E-state index in [4.69, 9.17) is 10.5 Å². The van der Waals surface area contributed by atoms with Crippen molar-refractivity contribution in [3.63, 3.8) is 0 Å². The molecule has 8 heteroatoms. The smallest absolute Gasteiger partial charge is 0.270 e. The molecule has 1 unspecified atom stereocenters. The van der Waals surface area contributed by atoms with Gasteiger partial charge in [0.15, 0.2) is 17.7 Å². The number of hydrogen-bond donors (Lipinski definition) is 2. The predicted octanol–water partition coefficient (Wildman–Crippen LogP) is 2.19. The Kier molecular flexibility index (Phi) is 4.75. The van der Waals surface area contributed by atoms with Gasteiger partial charge < -0.3 is 15.8 Å². The van der Waals surface area contributed by atoms with Crippen LogP contribution in [0.3, 0.4) is 0 Å². The third-order valence-corrected chi connectivity index (χ3v) is 3.92. The zero-order valence-corrected chi connectivity index (χ0v) is 14.4. The molecule has 3 rings (SSSR count). The largest absolute Gasteiger partial charge is 0.476 e. The highest BCUT2D eigenvalue weighted by atomic mass is 19.1. The van der Waals surface area contributed by atoms with E-state index in [0.717, 1.165) is 0 Å². The predicted molar refractivity (Wildman–Crippen MR) is 95.3 cm³/mol. The fourth-order valence-corrected chi connectivity index (χ4v) is 2.63. The van der Waals surface area contributed by atoms with E-state index in [9.17, 15) is 14.0 Å². The van der Waals surface area contributed by atoms with E-state index >= 15 is 0 Å². The Balaban J connectivity index is 1.84. The Hall–Kier alpha value is -3.16. The van der Waals surface area contributed by atoms with E-state index in [1.54, 1.807) is 12.1 Å². The van der Waals surface area contributed by atoms with Crippen molar-refractivity contribution in [2.75, 3.05) is 22.5 Å². The first-order valence-corrected chi connectivity index (χ1v) is 8.15. The topological polar surface area (TPSA) is 97.6 Å². The van der Waals surface area contributed by atoms with Crippen LogP contribution in [0.2, 0.25) is 0 Å². The van der Waals surface area contributed by atoms with Gasteiger partial charge in [0.2, 0.25) is 5.91 Å². The minimum absolute atomic E-state index is 0.0872. The molecule has 1 atom stereocenters. The minimum Gasteiger partial charge on any atom is -0.476 e. The van der Waals surface area contributed by atoms with Gasteiger partial charge in [-0.05, 0) is 42.3 Å². The molecule has 0 aliphatic carbocycles. The SMILES string of the molecule is CC(C)C1Oc2ccc(N)nc2N(CC(=O)Nc2ccc(F)cc2)C1=O. The van der Waals surface area contributed by atoms with Gasteiger partial charge in [0.1, 0.15) is 18.2 Å². The van der Waals surface area contributed by atoms with Gasteiger partial charge in [-0.15, -0.1) is 0 Å². The van der Waals surface area contributed by atoms with Crippen LogP contribution in [0.25, 0.3) is 0 Å². The molecule has 2 amide bonds. The third-order valence-electron chi connectivity index (χ3n) is 3.92. The maximum atomic E-state index is 13.0. The number of aromatic nitrogens is 1. The molecule has 2 heterocycles. The standard InChI is InChI=1S/C18H19FN4O3/c1-10(2)16-18(25)23(17-13(26-16)7-8-14(20)22-17)9-15(24)21-12-5-3-11(19)4-6-12/h3-8,10,16H,9H2,1-2H3,(H2,20,22)(H,21,24). The second-order valence-corrected chi connectivity index (χ2v) is 6.32. The van der Waals surface area contributed by atoms with Crippen LogP contribution in [0.5, 0.6) is 5.75 Å².